The Hall–Kier alpha value is -6.26. The minimum Gasteiger partial charge on any atom is -0.455 e. The zero-order chi connectivity index (χ0) is 30.2. The molecule has 214 valence electrons. The van der Waals surface area contributed by atoms with Gasteiger partial charge < -0.3 is 4.42 Å². The van der Waals surface area contributed by atoms with Crippen LogP contribution in [0, 0.1) is 0 Å². The summed E-state index contributed by atoms with van der Waals surface area (Å²) in [5.41, 5.74) is 9.01. The number of aromatic nitrogens is 3. The number of benzene rings is 7. The second-order valence-corrected chi connectivity index (χ2v) is 11.8. The van der Waals surface area contributed by atoms with E-state index in [0.29, 0.717) is 5.95 Å². The molecule has 0 saturated heterocycles. The molecular formula is C42H25N3O. The number of para-hydroxylation sites is 2. The van der Waals surface area contributed by atoms with Crippen LogP contribution in [0.4, 0.5) is 0 Å². The Morgan fingerprint density at radius 3 is 2.00 bits per heavy atom. The van der Waals surface area contributed by atoms with Crippen molar-refractivity contribution in [3.8, 4) is 28.3 Å². The van der Waals surface area contributed by atoms with Gasteiger partial charge in [0.25, 0.3) is 0 Å². The molecule has 3 aromatic heterocycles. The van der Waals surface area contributed by atoms with Crippen LogP contribution in [0.1, 0.15) is 0 Å². The van der Waals surface area contributed by atoms with Crippen LogP contribution >= 0.6 is 0 Å². The largest absolute Gasteiger partial charge is 0.455 e. The fourth-order valence-corrected chi connectivity index (χ4v) is 7.11. The third-order valence-corrected chi connectivity index (χ3v) is 9.20. The first-order valence-electron chi connectivity index (χ1n) is 15.5. The van der Waals surface area contributed by atoms with Gasteiger partial charge in [0.1, 0.15) is 11.2 Å². The SMILES string of the molecule is c1ccc(-c2ccc(-c3nc(-n4c5cccc6c7ccccc7oc7c8ccccc8cc4c7c65)nc4ccccc34)cc2)cc1. The number of hydrogen-bond donors (Lipinski definition) is 0. The predicted octanol–water partition coefficient (Wildman–Crippen LogP) is 11.1. The Labute approximate surface area is 263 Å². The molecule has 0 aliphatic rings. The Bertz CT molecular complexity index is 2790. The van der Waals surface area contributed by atoms with E-state index in [1.807, 2.05) is 18.2 Å². The number of hydrogen-bond acceptors (Lipinski definition) is 3. The maximum atomic E-state index is 6.84. The first kappa shape index (κ1) is 25.1. The lowest BCUT2D eigenvalue weighted by atomic mass is 10.0. The lowest BCUT2D eigenvalue weighted by molar-refractivity contribution is 0.667. The molecule has 0 bridgehead atoms. The van der Waals surface area contributed by atoms with Crippen molar-refractivity contribution in [1.29, 1.82) is 0 Å². The van der Waals surface area contributed by atoms with Gasteiger partial charge in [-0.05, 0) is 46.2 Å². The zero-order valence-electron chi connectivity index (χ0n) is 24.7. The molecule has 4 heteroatoms. The maximum Gasteiger partial charge on any atom is 0.235 e. The maximum absolute atomic E-state index is 6.84. The summed E-state index contributed by atoms with van der Waals surface area (Å²) in [6, 6.07) is 52.9. The van der Waals surface area contributed by atoms with E-state index in [9.17, 15) is 0 Å². The van der Waals surface area contributed by atoms with Crippen LogP contribution < -0.4 is 0 Å². The number of nitrogens with zero attached hydrogens (tertiary/aromatic N) is 3. The molecule has 0 saturated carbocycles. The molecule has 0 amide bonds. The molecule has 46 heavy (non-hydrogen) atoms. The van der Waals surface area contributed by atoms with Crippen molar-refractivity contribution in [3.05, 3.63) is 152 Å². The van der Waals surface area contributed by atoms with Crippen molar-refractivity contribution >= 4 is 65.4 Å². The summed E-state index contributed by atoms with van der Waals surface area (Å²) in [5, 5.41) is 7.64. The Morgan fingerprint density at radius 2 is 1.13 bits per heavy atom. The summed E-state index contributed by atoms with van der Waals surface area (Å²) in [7, 11) is 0. The highest BCUT2D eigenvalue weighted by molar-refractivity contribution is 6.30. The molecule has 0 N–H and O–H groups in total. The summed E-state index contributed by atoms with van der Waals surface area (Å²) < 4.78 is 9.06. The monoisotopic (exact) mass is 587 g/mol. The molecule has 0 aliphatic carbocycles. The van der Waals surface area contributed by atoms with Crippen molar-refractivity contribution in [2.45, 2.75) is 0 Å². The summed E-state index contributed by atoms with van der Waals surface area (Å²) >= 11 is 0. The second kappa shape index (κ2) is 9.62. The Morgan fingerprint density at radius 1 is 0.457 bits per heavy atom. The van der Waals surface area contributed by atoms with Crippen LogP contribution in [0.25, 0.3) is 93.8 Å². The molecule has 0 radical (unpaired) electrons. The standard InChI is InChI=1S/C42H25N3O/c1-2-11-26(12-3-1)27-21-23-28(24-22-27)40-33-16-6-8-18-34(33)43-42(44-40)45-35-19-10-17-32-31-15-7-9-20-37(31)46-41-30-14-5-4-13-29(30)25-36(45)39(41)38(32)35/h1-25H. The molecule has 0 fully saturated rings. The molecule has 4 nitrogen and oxygen atoms in total. The van der Waals surface area contributed by atoms with E-state index >= 15 is 0 Å². The number of fused-ring (bicyclic) bond motifs is 5. The first-order chi connectivity index (χ1) is 22.8. The summed E-state index contributed by atoms with van der Waals surface area (Å²) in [6.45, 7) is 0. The summed E-state index contributed by atoms with van der Waals surface area (Å²) in [5.74, 6) is 0.632. The molecule has 10 rings (SSSR count). The van der Waals surface area contributed by atoms with Gasteiger partial charge in [0.15, 0.2) is 0 Å². The third kappa shape index (κ3) is 3.61. The molecular weight excluding hydrogens is 562 g/mol. The van der Waals surface area contributed by atoms with Gasteiger partial charge in [-0.2, -0.15) is 0 Å². The van der Waals surface area contributed by atoms with Gasteiger partial charge in [-0.1, -0.05) is 127 Å². The zero-order valence-corrected chi connectivity index (χ0v) is 24.7. The van der Waals surface area contributed by atoms with E-state index in [4.69, 9.17) is 14.4 Å². The average Bonchev–Trinajstić information content (AvgIpc) is 3.37. The van der Waals surface area contributed by atoms with Gasteiger partial charge in [0, 0.05) is 27.1 Å². The molecule has 0 atom stereocenters. The van der Waals surface area contributed by atoms with Crippen LogP contribution in [-0.4, -0.2) is 14.5 Å². The molecule has 0 spiro atoms. The fourth-order valence-electron chi connectivity index (χ4n) is 7.11. The van der Waals surface area contributed by atoms with Gasteiger partial charge in [-0.3, -0.25) is 4.57 Å². The van der Waals surface area contributed by atoms with E-state index in [0.717, 1.165) is 76.7 Å². The highest BCUT2D eigenvalue weighted by Gasteiger charge is 2.23. The minimum absolute atomic E-state index is 0.632. The van der Waals surface area contributed by atoms with E-state index in [-0.39, 0.29) is 0 Å². The molecule has 0 unspecified atom stereocenters. The van der Waals surface area contributed by atoms with E-state index in [1.54, 1.807) is 0 Å². The van der Waals surface area contributed by atoms with Gasteiger partial charge >= 0.3 is 0 Å². The lowest BCUT2D eigenvalue weighted by Crippen LogP contribution is -2.03. The van der Waals surface area contributed by atoms with E-state index in [1.165, 1.54) is 11.1 Å². The highest BCUT2D eigenvalue weighted by Crippen LogP contribution is 2.43. The summed E-state index contributed by atoms with van der Waals surface area (Å²) in [6.07, 6.45) is 0. The first-order valence-corrected chi connectivity index (χ1v) is 15.5. The smallest absolute Gasteiger partial charge is 0.235 e. The Kier molecular flexibility index (Phi) is 5.25. The van der Waals surface area contributed by atoms with Crippen LogP contribution in [0.15, 0.2) is 156 Å². The predicted molar refractivity (Wildman–Crippen MR) is 190 cm³/mol. The quantitative estimate of drug-likeness (QED) is 0.207. The normalized spacial score (nSPS) is 11.9. The van der Waals surface area contributed by atoms with Crippen molar-refractivity contribution < 1.29 is 4.42 Å². The van der Waals surface area contributed by atoms with Crippen LogP contribution in [-0.2, 0) is 0 Å². The summed E-state index contributed by atoms with van der Waals surface area (Å²) in [4.78, 5) is 10.6. The highest BCUT2D eigenvalue weighted by atomic mass is 16.3. The number of rotatable bonds is 3. The molecule has 7 aromatic carbocycles. The molecule has 0 aliphatic heterocycles. The fraction of sp³-hybridized carbons (Fsp3) is 0. The lowest BCUT2D eigenvalue weighted by Gasteiger charge is -2.13. The van der Waals surface area contributed by atoms with Gasteiger partial charge in [-0.15, -0.1) is 0 Å². The van der Waals surface area contributed by atoms with Crippen molar-refractivity contribution in [3.63, 3.8) is 0 Å². The van der Waals surface area contributed by atoms with Gasteiger partial charge in [-0.25, -0.2) is 9.97 Å². The third-order valence-electron chi connectivity index (χ3n) is 9.20. The van der Waals surface area contributed by atoms with Crippen molar-refractivity contribution in [2.75, 3.05) is 0 Å². The van der Waals surface area contributed by atoms with E-state index < -0.39 is 0 Å². The van der Waals surface area contributed by atoms with Crippen LogP contribution in [0.5, 0.6) is 0 Å². The van der Waals surface area contributed by atoms with E-state index in [2.05, 4.69) is 138 Å². The topological polar surface area (TPSA) is 43.9 Å². The van der Waals surface area contributed by atoms with Crippen LogP contribution in [0.3, 0.4) is 0 Å². The van der Waals surface area contributed by atoms with Crippen LogP contribution in [0.2, 0.25) is 0 Å². The van der Waals surface area contributed by atoms with Gasteiger partial charge in [0.2, 0.25) is 5.95 Å². The Balaban J connectivity index is 1.32. The molecule has 10 aromatic rings. The van der Waals surface area contributed by atoms with Crippen molar-refractivity contribution in [1.82, 2.24) is 14.5 Å². The second-order valence-electron chi connectivity index (χ2n) is 11.8. The molecule has 3 heterocycles. The van der Waals surface area contributed by atoms with Crippen molar-refractivity contribution in [2.24, 2.45) is 0 Å². The average molecular weight is 588 g/mol. The minimum atomic E-state index is 0.632. The van der Waals surface area contributed by atoms with Gasteiger partial charge in [0.05, 0.1) is 27.6 Å².